The van der Waals surface area contributed by atoms with E-state index < -0.39 is 6.04 Å². The molecule has 0 radical (unpaired) electrons. The molecule has 1 aromatic carbocycles. The number of hydrogen-bond donors (Lipinski definition) is 2. The Morgan fingerprint density at radius 2 is 2.14 bits per heavy atom. The predicted molar refractivity (Wildman–Crippen MR) is 84.6 cm³/mol. The Morgan fingerprint density at radius 1 is 1.43 bits per heavy atom. The molecule has 5 nitrogen and oxygen atoms in total. The SMILES string of the molecule is COCCNC(=O)C(C)n1c(-c2ccccc2)c[nH]c1=S. The van der Waals surface area contributed by atoms with Crippen LogP contribution in [0.2, 0.25) is 0 Å². The maximum atomic E-state index is 12.2. The van der Waals surface area contributed by atoms with Crippen LogP contribution >= 0.6 is 12.2 Å². The third-order valence-corrected chi connectivity index (χ3v) is 3.57. The number of aromatic nitrogens is 2. The molecule has 0 aliphatic rings. The number of carbonyl (C=O) groups excluding carboxylic acids is 1. The van der Waals surface area contributed by atoms with Gasteiger partial charge < -0.3 is 19.6 Å². The average molecular weight is 305 g/mol. The van der Waals surface area contributed by atoms with Crippen molar-refractivity contribution < 1.29 is 9.53 Å². The van der Waals surface area contributed by atoms with Gasteiger partial charge in [0.1, 0.15) is 6.04 Å². The van der Waals surface area contributed by atoms with Gasteiger partial charge in [-0.15, -0.1) is 0 Å². The molecule has 0 spiro atoms. The lowest BCUT2D eigenvalue weighted by molar-refractivity contribution is -0.124. The zero-order chi connectivity index (χ0) is 15.2. The molecular formula is C15H19N3O2S. The van der Waals surface area contributed by atoms with E-state index in [1.165, 1.54) is 0 Å². The summed E-state index contributed by atoms with van der Waals surface area (Å²) < 4.78 is 7.29. The molecule has 6 heteroatoms. The van der Waals surface area contributed by atoms with Gasteiger partial charge in [0.05, 0.1) is 12.3 Å². The molecule has 0 fully saturated rings. The van der Waals surface area contributed by atoms with Gasteiger partial charge in [-0.05, 0) is 24.7 Å². The smallest absolute Gasteiger partial charge is 0.242 e. The second kappa shape index (κ2) is 7.19. The second-order valence-corrected chi connectivity index (χ2v) is 5.06. The van der Waals surface area contributed by atoms with Gasteiger partial charge in [0.25, 0.3) is 0 Å². The third kappa shape index (κ3) is 3.59. The molecule has 0 saturated heterocycles. The highest BCUT2D eigenvalue weighted by molar-refractivity contribution is 7.71. The molecule has 1 amide bonds. The molecule has 0 saturated carbocycles. The van der Waals surface area contributed by atoms with E-state index >= 15 is 0 Å². The summed E-state index contributed by atoms with van der Waals surface area (Å²) in [6.45, 7) is 2.80. The van der Waals surface area contributed by atoms with Crippen molar-refractivity contribution in [2.45, 2.75) is 13.0 Å². The van der Waals surface area contributed by atoms with E-state index in [9.17, 15) is 4.79 Å². The van der Waals surface area contributed by atoms with Gasteiger partial charge in [-0.2, -0.15) is 0 Å². The molecule has 2 N–H and O–H groups in total. The quantitative estimate of drug-likeness (QED) is 0.637. The number of benzene rings is 1. The Balaban J connectivity index is 2.25. The molecular weight excluding hydrogens is 286 g/mol. The molecule has 2 rings (SSSR count). The molecule has 1 heterocycles. The highest BCUT2D eigenvalue weighted by Gasteiger charge is 2.19. The van der Waals surface area contributed by atoms with Crippen LogP contribution in [0.15, 0.2) is 36.5 Å². The van der Waals surface area contributed by atoms with Crippen LogP contribution in [-0.2, 0) is 9.53 Å². The minimum Gasteiger partial charge on any atom is -0.383 e. The maximum Gasteiger partial charge on any atom is 0.242 e. The number of rotatable bonds is 6. The largest absolute Gasteiger partial charge is 0.383 e. The molecule has 1 unspecified atom stereocenters. The Morgan fingerprint density at radius 3 is 2.81 bits per heavy atom. The van der Waals surface area contributed by atoms with Crippen LogP contribution in [0.5, 0.6) is 0 Å². The molecule has 112 valence electrons. The van der Waals surface area contributed by atoms with E-state index in [0.29, 0.717) is 17.9 Å². The summed E-state index contributed by atoms with van der Waals surface area (Å²) in [5.41, 5.74) is 1.91. The maximum absolute atomic E-state index is 12.2. The van der Waals surface area contributed by atoms with Crippen molar-refractivity contribution in [3.63, 3.8) is 0 Å². The van der Waals surface area contributed by atoms with Crippen LogP contribution in [0.3, 0.4) is 0 Å². The zero-order valence-electron chi connectivity index (χ0n) is 12.1. The minimum atomic E-state index is -0.393. The number of aromatic amines is 1. The highest BCUT2D eigenvalue weighted by atomic mass is 32.1. The van der Waals surface area contributed by atoms with Crippen LogP contribution in [0, 0.1) is 4.77 Å². The normalized spacial score (nSPS) is 12.1. The van der Waals surface area contributed by atoms with Crippen LogP contribution in [0.25, 0.3) is 11.3 Å². The molecule has 1 atom stereocenters. The van der Waals surface area contributed by atoms with Gasteiger partial charge in [0, 0.05) is 19.9 Å². The first-order chi connectivity index (χ1) is 10.1. The standard InChI is InChI=1S/C15H19N3O2S/c1-11(14(19)16-8-9-20-2)18-13(10-17-15(18)21)12-6-4-3-5-7-12/h3-7,10-11H,8-9H2,1-2H3,(H,16,19)(H,17,21). The van der Waals surface area contributed by atoms with Crippen molar-refractivity contribution in [1.82, 2.24) is 14.9 Å². The number of H-pyrrole nitrogens is 1. The number of methoxy groups -OCH3 is 1. The lowest BCUT2D eigenvalue weighted by Crippen LogP contribution is -2.33. The van der Waals surface area contributed by atoms with Crippen LogP contribution in [-0.4, -0.2) is 35.7 Å². The van der Waals surface area contributed by atoms with Crippen LogP contribution in [0.1, 0.15) is 13.0 Å². The summed E-state index contributed by atoms with van der Waals surface area (Å²) in [5, 5.41) is 2.83. The molecule has 21 heavy (non-hydrogen) atoms. The minimum absolute atomic E-state index is 0.0834. The summed E-state index contributed by atoms with van der Waals surface area (Å²) in [5.74, 6) is -0.0834. The van der Waals surface area contributed by atoms with Crippen molar-refractivity contribution in [2.75, 3.05) is 20.3 Å². The number of ether oxygens (including phenoxy) is 1. The van der Waals surface area contributed by atoms with Gasteiger partial charge in [-0.3, -0.25) is 4.79 Å². The highest BCUT2D eigenvalue weighted by Crippen LogP contribution is 2.23. The Kier molecular flexibility index (Phi) is 5.30. The molecule has 2 aromatic rings. The van der Waals surface area contributed by atoms with E-state index in [4.69, 9.17) is 17.0 Å². The first-order valence-electron chi connectivity index (χ1n) is 6.77. The number of amides is 1. The first kappa shape index (κ1) is 15.5. The van der Waals surface area contributed by atoms with Crippen molar-refractivity contribution in [2.24, 2.45) is 0 Å². The lowest BCUT2D eigenvalue weighted by atomic mass is 10.1. The lowest BCUT2D eigenvalue weighted by Gasteiger charge is -2.16. The van der Waals surface area contributed by atoms with Crippen molar-refractivity contribution >= 4 is 18.1 Å². The second-order valence-electron chi connectivity index (χ2n) is 4.67. The number of nitrogens with zero attached hydrogens (tertiary/aromatic N) is 1. The Bertz CT molecular complexity index is 648. The van der Waals surface area contributed by atoms with Crippen molar-refractivity contribution in [1.29, 1.82) is 0 Å². The summed E-state index contributed by atoms with van der Waals surface area (Å²) in [4.78, 5) is 15.2. The van der Waals surface area contributed by atoms with Crippen LogP contribution in [0.4, 0.5) is 0 Å². The average Bonchev–Trinajstić information content (AvgIpc) is 2.89. The van der Waals surface area contributed by atoms with E-state index in [0.717, 1.165) is 11.3 Å². The summed E-state index contributed by atoms with van der Waals surface area (Å²) in [7, 11) is 1.60. The van der Waals surface area contributed by atoms with Gasteiger partial charge in [0.15, 0.2) is 4.77 Å². The predicted octanol–water partition coefficient (Wildman–Crippen LogP) is 2.54. The number of imidazole rings is 1. The molecule has 0 aliphatic carbocycles. The Hall–Kier alpha value is -1.92. The zero-order valence-corrected chi connectivity index (χ0v) is 12.9. The van der Waals surface area contributed by atoms with Gasteiger partial charge in [0.2, 0.25) is 5.91 Å². The molecule has 0 bridgehead atoms. The summed E-state index contributed by atoms with van der Waals surface area (Å²) in [6, 6.07) is 9.46. The fourth-order valence-electron chi connectivity index (χ4n) is 2.14. The van der Waals surface area contributed by atoms with E-state index in [1.807, 2.05) is 48.0 Å². The Labute approximate surface area is 129 Å². The number of hydrogen-bond acceptors (Lipinski definition) is 3. The fourth-order valence-corrected chi connectivity index (χ4v) is 2.45. The van der Waals surface area contributed by atoms with Gasteiger partial charge in [-0.1, -0.05) is 30.3 Å². The van der Waals surface area contributed by atoms with E-state index in [-0.39, 0.29) is 5.91 Å². The number of carbonyl (C=O) groups is 1. The van der Waals surface area contributed by atoms with Crippen molar-refractivity contribution in [3.05, 3.63) is 41.3 Å². The summed E-state index contributed by atoms with van der Waals surface area (Å²) in [6.07, 6.45) is 1.83. The molecule has 1 aromatic heterocycles. The topological polar surface area (TPSA) is 59.0 Å². The van der Waals surface area contributed by atoms with Gasteiger partial charge in [-0.25, -0.2) is 0 Å². The van der Waals surface area contributed by atoms with Crippen molar-refractivity contribution in [3.8, 4) is 11.3 Å². The van der Waals surface area contributed by atoms with Gasteiger partial charge >= 0.3 is 0 Å². The third-order valence-electron chi connectivity index (χ3n) is 3.25. The number of nitrogens with one attached hydrogen (secondary N) is 2. The van der Waals surface area contributed by atoms with E-state index in [1.54, 1.807) is 7.11 Å². The van der Waals surface area contributed by atoms with E-state index in [2.05, 4.69) is 10.3 Å². The fraction of sp³-hybridized carbons (Fsp3) is 0.333. The summed E-state index contributed by atoms with van der Waals surface area (Å²) >= 11 is 5.31. The first-order valence-corrected chi connectivity index (χ1v) is 7.18. The van der Waals surface area contributed by atoms with Crippen LogP contribution < -0.4 is 5.32 Å². The molecule has 0 aliphatic heterocycles. The monoisotopic (exact) mass is 305 g/mol.